The lowest BCUT2D eigenvalue weighted by Crippen LogP contribution is -2.46. The number of nitrogens with zero attached hydrogens (tertiary/aromatic N) is 4. The predicted octanol–water partition coefficient (Wildman–Crippen LogP) is 4.07. The third-order valence-electron chi connectivity index (χ3n) is 5.86. The number of fused-ring (bicyclic) bond motifs is 1. The summed E-state index contributed by atoms with van der Waals surface area (Å²) in [6.45, 7) is 2.54. The van der Waals surface area contributed by atoms with Crippen molar-refractivity contribution < 1.29 is 4.79 Å². The van der Waals surface area contributed by atoms with E-state index in [-0.39, 0.29) is 5.91 Å². The summed E-state index contributed by atoms with van der Waals surface area (Å²) in [5, 5.41) is 4.16. The van der Waals surface area contributed by atoms with Crippen molar-refractivity contribution >= 4 is 33.1 Å². The molecule has 1 saturated carbocycles. The summed E-state index contributed by atoms with van der Waals surface area (Å²) in [6.07, 6.45) is 11.0. The van der Waals surface area contributed by atoms with E-state index in [1.54, 1.807) is 11.3 Å². The van der Waals surface area contributed by atoms with Gasteiger partial charge in [-0.3, -0.25) is 4.79 Å². The minimum Gasteiger partial charge on any atom is -0.322 e. The van der Waals surface area contributed by atoms with Crippen LogP contribution in [0.4, 0.5) is 5.69 Å². The monoisotopic (exact) mass is 393 g/mol. The van der Waals surface area contributed by atoms with E-state index in [0.29, 0.717) is 11.5 Å². The molecule has 144 valence electrons. The number of nitrogens with one attached hydrogen (secondary N) is 1. The number of carbonyl (C=O) groups is 1. The fraction of sp³-hybridized carbons (Fsp3) is 0.429. The Labute approximate surface area is 168 Å². The first-order valence-electron chi connectivity index (χ1n) is 9.97. The maximum atomic E-state index is 12.3. The Balaban J connectivity index is 1.26. The molecule has 6 nitrogen and oxygen atoms in total. The number of piperidine rings is 1. The van der Waals surface area contributed by atoms with Crippen LogP contribution in [0.25, 0.3) is 10.2 Å². The van der Waals surface area contributed by atoms with Gasteiger partial charge in [-0.1, -0.05) is 6.42 Å². The molecule has 1 saturated heterocycles. The van der Waals surface area contributed by atoms with Crippen molar-refractivity contribution in [2.45, 2.75) is 44.1 Å². The second-order valence-corrected chi connectivity index (χ2v) is 8.80. The Morgan fingerprint density at radius 1 is 1.11 bits per heavy atom. The van der Waals surface area contributed by atoms with Crippen LogP contribution in [0.15, 0.2) is 36.9 Å². The van der Waals surface area contributed by atoms with Gasteiger partial charge < -0.3 is 10.2 Å². The number of likely N-dealkylation sites (tertiary alicyclic amines) is 1. The maximum Gasteiger partial charge on any atom is 0.258 e. The van der Waals surface area contributed by atoms with E-state index in [1.165, 1.54) is 68.9 Å². The van der Waals surface area contributed by atoms with Gasteiger partial charge in [-0.25, -0.2) is 15.0 Å². The molecule has 0 spiro atoms. The zero-order valence-corrected chi connectivity index (χ0v) is 16.5. The highest BCUT2D eigenvalue weighted by atomic mass is 32.1. The number of benzene rings is 1. The first kappa shape index (κ1) is 17.7. The molecule has 1 aliphatic heterocycles. The SMILES string of the molecule is O=C(Nc1ccc2nc(C3CC(N4CCCCC4)C3)sc2c1)c1cncnc1. The normalized spacial score (nSPS) is 22.7. The molecule has 2 aromatic heterocycles. The van der Waals surface area contributed by atoms with Gasteiger partial charge in [0.15, 0.2) is 0 Å². The maximum absolute atomic E-state index is 12.3. The fourth-order valence-corrected chi connectivity index (χ4v) is 5.32. The molecule has 0 bridgehead atoms. The van der Waals surface area contributed by atoms with Crippen molar-refractivity contribution in [1.82, 2.24) is 19.9 Å². The zero-order chi connectivity index (χ0) is 18.9. The molecule has 1 aromatic carbocycles. The number of carbonyl (C=O) groups excluding carboxylic acids is 1. The van der Waals surface area contributed by atoms with Crippen LogP contribution in [0.3, 0.4) is 0 Å². The van der Waals surface area contributed by atoms with Gasteiger partial charge in [0.25, 0.3) is 5.91 Å². The third kappa shape index (κ3) is 3.52. The number of thiazole rings is 1. The number of hydrogen-bond donors (Lipinski definition) is 1. The summed E-state index contributed by atoms with van der Waals surface area (Å²) < 4.78 is 1.12. The third-order valence-corrected chi connectivity index (χ3v) is 7.04. The number of aromatic nitrogens is 3. The molecule has 5 rings (SSSR count). The topological polar surface area (TPSA) is 71.0 Å². The van der Waals surface area contributed by atoms with Crippen LogP contribution in [0.5, 0.6) is 0 Å². The van der Waals surface area contributed by atoms with Crippen molar-refractivity contribution in [3.8, 4) is 0 Å². The minimum atomic E-state index is -0.201. The van der Waals surface area contributed by atoms with Crippen molar-refractivity contribution in [3.05, 3.63) is 47.5 Å². The predicted molar refractivity (Wildman–Crippen MR) is 111 cm³/mol. The standard InChI is InChI=1S/C21H23N5OS/c27-20(15-11-22-13-23-12-15)24-16-4-5-18-19(10-16)28-21(25-18)14-8-17(9-14)26-6-2-1-3-7-26/h4-5,10-14,17H,1-3,6-9H2,(H,24,27). The van der Waals surface area contributed by atoms with Gasteiger partial charge in [-0.15, -0.1) is 11.3 Å². The quantitative estimate of drug-likeness (QED) is 0.723. The molecule has 0 radical (unpaired) electrons. The van der Waals surface area contributed by atoms with E-state index in [2.05, 4.69) is 20.2 Å². The van der Waals surface area contributed by atoms with Crippen LogP contribution in [-0.4, -0.2) is 44.9 Å². The summed E-state index contributed by atoms with van der Waals surface area (Å²) in [6, 6.07) is 6.66. The molecule has 3 aromatic rings. The largest absolute Gasteiger partial charge is 0.322 e. The van der Waals surface area contributed by atoms with Gasteiger partial charge in [-0.2, -0.15) is 0 Å². The second kappa shape index (κ2) is 7.56. The summed E-state index contributed by atoms with van der Waals surface area (Å²) in [5.41, 5.74) is 2.24. The van der Waals surface area contributed by atoms with Gasteiger partial charge in [0.1, 0.15) is 6.33 Å². The van der Waals surface area contributed by atoms with Crippen LogP contribution in [-0.2, 0) is 0 Å². The van der Waals surface area contributed by atoms with Gasteiger partial charge >= 0.3 is 0 Å². The smallest absolute Gasteiger partial charge is 0.258 e. The highest BCUT2D eigenvalue weighted by Gasteiger charge is 2.36. The van der Waals surface area contributed by atoms with E-state index in [9.17, 15) is 4.79 Å². The number of anilines is 1. The van der Waals surface area contributed by atoms with Crippen molar-refractivity contribution in [3.63, 3.8) is 0 Å². The average molecular weight is 394 g/mol. The summed E-state index contributed by atoms with van der Waals surface area (Å²) in [5.74, 6) is 0.386. The lowest BCUT2D eigenvalue weighted by Gasteiger charge is -2.43. The summed E-state index contributed by atoms with van der Waals surface area (Å²) in [4.78, 5) is 27.6. The highest BCUT2D eigenvalue weighted by molar-refractivity contribution is 7.18. The first-order chi connectivity index (χ1) is 13.8. The van der Waals surface area contributed by atoms with E-state index < -0.39 is 0 Å². The number of amides is 1. The van der Waals surface area contributed by atoms with Crippen LogP contribution in [0.2, 0.25) is 0 Å². The lowest BCUT2D eigenvalue weighted by molar-refractivity contribution is 0.0888. The Bertz CT molecular complexity index is 977. The van der Waals surface area contributed by atoms with Crippen molar-refractivity contribution in [2.75, 3.05) is 18.4 Å². The Morgan fingerprint density at radius 3 is 2.68 bits per heavy atom. The Kier molecular flexibility index (Phi) is 4.78. The molecule has 0 atom stereocenters. The molecular weight excluding hydrogens is 370 g/mol. The molecule has 2 aliphatic rings. The fourth-order valence-electron chi connectivity index (χ4n) is 4.19. The van der Waals surface area contributed by atoms with Gasteiger partial charge in [-0.05, 0) is 57.0 Å². The van der Waals surface area contributed by atoms with Crippen LogP contribution >= 0.6 is 11.3 Å². The molecular formula is C21H23N5OS. The van der Waals surface area contributed by atoms with Crippen LogP contribution < -0.4 is 5.32 Å². The van der Waals surface area contributed by atoms with Crippen molar-refractivity contribution in [1.29, 1.82) is 0 Å². The molecule has 1 N–H and O–H groups in total. The molecule has 1 aliphatic carbocycles. The Morgan fingerprint density at radius 2 is 1.89 bits per heavy atom. The zero-order valence-electron chi connectivity index (χ0n) is 15.7. The van der Waals surface area contributed by atoms with E-state index in [4.69, 9.17) is 4.98 Å². The number of rotatable bonds is 4. The highest BCUT2D eigenvalue weighted by Crippen LogP contribution is 2.43. The summed E-state index contributed by atoms with van der Waals surface area (Å²) >= 11 is 1.76. The average Bonchev–Trinajstić information content (AvgIpc) is 3.11. The van der Waals surface area contributed by atoms with Crippen LogP contribution in [0.1, 0.15) is 53.4 Å². The second-order valence-electron chi connectivity index (χ2n) is 7.73. The minimum absolute atomic E-state index is 0.201. The molecule has 2 fully saturated rings. The number of hydrogen-bond acceptors (Lipinski definition) is 6. The lowest BCUT2D eigenvalue weighted by atomic mass is 9.79. The molecule has 0 unspecified atom stereocenters. The molecule has 1 amide bonds. The van der Waals surface area contributed by atoms with Crippen LogP contribution in [0, 0.1) is 0 Å². The van der Waals surface area contributed by atoms with Crippen molar-refractivity contribution in [2.24, 2.45) is 0 Å². The molecule has 28 heavy (non-hydrogen) atoms. The van der Waals surface area contributed by atoms with Gasteiger partial charge in [0, 0.05) is 30.0 Å². The van der Waals surface area contributed by atoms with E-state index >= 15 is 0 Å². The van der Waals surface area contributed by atoms with E-state index in [1.807, 2.05) is 18.2 Å². The van der Waals surface area contributed by atoms with Gasteiger partial charge in [0.2, 0.25) is 0 Å². The summed E-state index contributed by atoms with van der Waals surface area (Å²) in [7, 11) is 0. The van der Waals surface area contributed by atoms with Gasteiger partial charge in [0.05, 0.1) is 20.8 Å². The molecule has 7 heteroatoms. The van der Waals surface area contributed by atoms with E-state index in [0.717, 1.165) is 21.9 Å². The molecule has 3 heterocycles. The first-order valence-corrected chi connectivity index (χ1v) is 10.8. The Hall–Kier alpha value is -2.38.